The highest BCUT2D eigenvalue weighted by atomic mass is 35.5. The average Bonchev–Trinajstić information content (AvgIpc) is 2.93. The third-order valence-electron chi connectivity index (χ3n) is 3.52. The first-order chi connectivity index (χ1) is 10.7. The molecule has 0 atom stereocenters. The van der Waals surface area contributed by atoms with Gasteiger partial charge in [0.2, 0.25) is 0 Å². The number of aldehydes is 1. The van der Waals surface area contributed by atoms with Crippen molar-refractivity contribution in [3.8, 4) is 5.69 Å². The number of aryl methyl sites for hydroxylation is 1. The summed E-state index contributed by atoms with van der Waals surface area (Å²) in [6.45, 7) is 1.97. The predicted molar refractivity (Wildman–Crippen MR) is 85.7 cm³/mol. The highest BCUT2D eigenvalue weighted by molar-refractivity contribution is 6.30. The Morgan fingerprint density at radius 3 is 2.68 bits per heavy atom. The summed E-state index contributed by atoms with van der Waals surface area (Å²) in [5.41, 5.74) is 4.05. The Labute approximate surface area is 133 Å². The van der Waals surface area contributed by atoms with E-state index < -0.39 is 0 Å². The van der Waals surface area contributed by atoms with Crippen LogP contribution in [0.25, 0.3) is 5.69 Å². The number of benzene rings is 2. The van der Waals surface area contributed by atoms with E-state index in [-0.39, 0.29) is 0 Å². The van der Waals surface area contributed by atoms with E-state index in [4.69, 9.17) is 11.6 Å². The molecule has 0 N–H and O–H groups in total. The Bertz CT molecular complexity index is 812. The van der Waals surface area contributed by atoms with Gasteiger partial charge < -0.3 is 0 Å². The molecule has 0 aliphatic heterocycles. The van der Waals surface area contributed by atoms with E-state index in [2.05, 4.69) is 10.3 Å². The van der Waals surface area contributed by atoms with E-state index in [1.165, 1.54) is 0 Å². The topological polar surface area (TPSA) is 47.8 Å². The fourth-order valence-electron chi connectivity index (χ4n) is 2.36. The van der Waals surface area contributed by atoms with Gasteiger partial charge in [-0.3, -0.25) is 4.79 Å². The number of nitrogens with zero attached hydrogens (tertiary/aromatic N) is 3. The first-order valence-corrected chi connectivity index (χ1v) is 7.27. The summed E-state index contributed by atoms with van der Waals surface area (Å²) in [7, 11) is 0. The summed E-state index contributed by atoms with van der Waals surface area (Å²) >= 11 is 6.09. The molecule has 0 aliphatic carbocycles. The van der Waals surface area contributed by atoms with Crippen LogP contribution in [0.2, 0.25) is 5.02 Å². The van der Waals surface area contributed by atoms with Crippen molar-refractivity contribution in [3.63, 3.8) is 0 Å². The van der Waals surface area contributed by atoms with E-state index in [9.17, 15) is 4.79 Å². The van der Waals surface area contributed by atoms with Gasteiger partial charge in [0.25, 0.3) is 0 Å². The van der Waals surface area contributed by atoms with Crippen molar-refractivity contribution < 1.29 is 4.79 Å². The van der Waals surface area contributed by atoms with Crippen LogP contribution in [0.1, 0.15) is 27.3 Å². The molecule has 2 aromatic carbocycles. The van der Waals surface area contributed by atoms with Gasteiger partial charge in [-0.05, 0) is 30.2 Å². The van der Waals surface area contributed by atoms with Crippen LogP contribution in [0.4, 0.5) is 0 Å². The molecule has 110 valence electrons. The molecular formula is C17H14ClN3O. The maximum Gasteiger partial charge on any atom is 0.172 e. The van der Waals surface area contributed by atoms with Crippen LogP contribution in [-0.2, 0) is 6.42 Å². The van der Waals surface area contributed by atoms with E-state index in [0.29, 0.717) is 17.1 Å². The van der Waals surface area contributed by atoms with Crippen molar-refractivity contribution in [2.45, 2.75) is 13.3 Å². The van der Waals surface area contributed by atoms with Gasteiger partial charge in [0, 0.05) is 11.4 Å². The summed E-state index contributed by atoms with van der Waals surface area (Å²) in [5.74, 6) is 0. The summed E-state index contributed by atoms with van der Waals surface area (Å²) in [6, 6.07) is 15.5. The first-order valence-electron chi connectivity index (χ1n) is 6.89. The summed E-state index contributed by atoms with van der Waals surface area (Å²) in [6.07, 6.45) is 1.32. The van der Waals surface area contributed by atoms with Crippen LogP contribution < -0.4 is 0 Å². The van der Waals surface area contributed by atoms with Crippen molar-refractivity contribution in [2.75, 3.05) is 0 Å². The van der Waals surface area contributed by atoms with E-state index in [0.717, 1.165) is 28.8 Å². The fraction of sp³-hybridized carbons (Fsp3) is 0.118. The largest absolute Gasteiger partial charge is 0.296 e. The monoisotopic (exact) mass is 311 g/mol. The second-order valence-corrected chi connectivity index (χ2v) is 5.48. The van der Waals surface area contributed by atoms with Gasteiger partial charge in [-0.25, -0.2) is 4.68 Å². The molecule has 3 aromatic rings. The molecule has 22 heavy (non-hydrogen) atoms. The van der Waals surface area contributed by atoms with Crippen molar-refractivity contribution in [3.05, 3.63) is 76.1 Å². The van der Waals surface area contributed by atoms with Gasteiger partial charge in [0.1, 0.15) is 5.69 Å². The van der Waals surface area contributed by atoms with Crippen molar-refractivity contribution >= 4 is 17.9 Å². The lowest BCUT2D eigenvalue weighted by atomic mass is 10.1. The Morgan fingerprint density at radius 2 is 1.95 bits per heavy atom. The van der Waals surface area contributed by atoms with Gasteiger partial charge in [-0.15, -0.1) is 5.10 Å². The minimum atomic E-state index is 0.350. The third kappa shape index (κ3) is 2.78. The Hall–Kier alpha value is -2.46. The number of hydrogen-bond donors (Lipinski definition) is 0. The van der Waals surface area contributed by atoms with Gasteiger partial charge in [0.15, 0.2) is 6.29 Å². The first kappa shape index (κ1) is 14.5. The molecule has 3 rings (SSSR count). The standard InChI is InChI=1S/C17H14ClN3O/c1-12-7-8-14(18)10-16(12)21-17(15(11-22)19-20-21)9-13-5-3-2-4-6-13/h2-8,10-11H,9H2,1H3. The minimum absolute atomic E-state index is 0.350. The zero-order valence-electron chi connectivity index (χ0n) is 12.0. The minimum Gasteiger partial charge on any atom is -0.296 e. The molecule has 0 radical (unpaired) electrons. The normalized spacial score (nSPS) is 10.6. The van der Waals surface area contributed by atoms with Crippen LogP contribution >= 0.6 is 11.6 Å². The smallest absolute Gasteiger partial charge is 0.172 e. The van der Waals surface area contributed by atoms with Gasteiger partial charge >= 0.3 is 0 Å². The summed E-state index contributed by atoms with van der Waals surface area (Å²) in [5, 5.41) is 8.73. The van der Waals surface area contributed by atoms with Crippen molar-refractivity contribution in [2.24, 2.45) is 0 Å². The zero-order chi connectivity index (χ0) is 15.5. The molecule has 0 spiro atoms. The third-order valence-corrected chi connectivity index (χ3v) is 3.75. The number of hydrogen-bond acceptors (Lipinski definition) is 3. The van der Waals surface area contributed by atoms with Crippen molar-refractivity contribution in [1.29, 1.82) is 0 Å². The van der Waals surface area contributed by atoms with Crippen LogP contribution in [0.5, 0.6) is 0 Å². The van der Waals surface area contributed by atoms with Crippen molar-refractivity contribution in [1.82, 2.24) is 15.0 Å². The molecule has 0 aliphatic rings. The molecule has 0 saturated carbocycles. The second-order valence-electron chi connectivity index (χ2n) is 5.04. The molecule has 5 heteroatoms. The highest BCUT2D eigenvalue weighted by Gasteiger charge is 2.16. The summed E-state index contributed by atoms with van der Waals surface area (Å²) < 4.78 is 1.69. The SMILES string of the molecule is Cc1ccc(Cl)cc1-n1nnc(C=O)c1Cc1ccccc1. The Kier molecular flexibility index (Phi) is 4.02. The lowest BCUT2D eigenvalue weighted by Gasteiger charge is -2.10. The molecule has 1 heterocycles. The van der Waals surface area contributed by atoms with Gasteiger partial charge in [0.05, 0.1) is 11.4 Å². The summed E-state index contributed by atoms with van der Waals surface area (Å²) in [4.78, 5) is 11.3. The molecule has 0 bridgehead atoms. The lowest BCUT2D eigenvalue weighted by Crippen LogP contribution is -2.06. The fourth-order valence-corrected chi connectivity index (χ4v) is 2.53. The number of halogens is 1. The maximum absolute atomic E-state index is 11.3. The average molecular weight is 312 g/mol. The molecule has 4 nitrogen and oxygen atoms in total. The Balaban J connectivity index is 2.11. The molecule has 0 saturated heterocycles. The van der Waals surface area contributed by atoms with Crippen LogP contribution in [0, 0.1) is 6.92 Å². The van der Waals surface area contributed by atoms with Crippen LogP contribution in [0.15, 0.2) is 48.5 Å². The number of rotatable bonds is 4. The maximum atomic E-state index is 11.3. The quantitative estimate of drug-likeness (QED) is 0.691. The number of aromatic nitrogens is 3. The van der Waals surface area contributed by atoms with E-state index in [1.807, 2.05) is 55.5 Å². The molecule has 0 unspecified atom stereocenters. The molecule has 0 amide bonds. The number of carbonyl (C=O) groups excluding carboxylic acids is 1. The molecular weight excluding hydrogens is 298 g/mol. The predicted octanol–water partition coefficient (Wildman–Crippen LogP) is 3.63. The number of carbonyl (C=O) groups is 1. The van der Waals surface area contributed by atoms with Crippen LogP contribution in [-0.4, -0.2) is 21.3 Å². The molecule has 0 fully saturated rings. The zero-order valence-corrected chi connectivity index (χ0v) is 12.8. The van der Waals surface area contributed by atoms with E-state index >= 15 is 0 Å². The highest BCUT2D eigenvalue weighted by Crippen LogP contribution is 2.22. The van der Waals surface area contributed by atoms with Crippen LogP contribution in [0.3, 0.4) is 0 Å². The van der Waals surface area contributed by atoms with Gasteiger partial charge in [-0.2, -0.15) is 0 Å². The molecule has 1 aromatic heterocycles. The second kappa shape index (κ2) is 6.12. The van der Waals surface area contributed by atoms with E-state index in [1.54, 1.807) is 4.68 Å². The van der Waals surface area contributed by atoms with Gasteiger partial charge in [-0.1, -0.05) is 53.2 Å². The lowest BCUT2D eigenvalue weighted by molar-refractivity contribution is 0.111. The Morgan fingerprint density at radius 1 is 1.18 bits per heavy atom.